The molecule has 2 atom stereocenters. The third-order valence-electron chi connectivity index (χ3n) is 3.98. The number of imide groups is 1. The van der Waals surface area contributed by atoms with Gasteiger partial charge in [0, 0.05) is 13.6 Å². The zero-order valence-electron chi connectivity index (χ0n) is 13.9. The number of likely N-dealkylation sites (tertiary alicyclic amines) is 1. The van der Waals surface area contributed by atoms with Gasteiger partial charge in [-0.2, -0.15) is 12.8 Å². The lowest BCUT2D eigenvalue weighted by molar-refractivity contribution is -0.121. The molecule has 0 spiro atoms. The van der Waals surface area contributed by atoms with Gasteiger partial charge in [-0.3, -0.25) is 15.0 Å². The molecule has 1 aliphatic rings. The van der Waals surface area contributed by atoms with Crippen LogP contribution in [0, 0.1) is 0 Å². The van der Waals surface area contributed by atoms with Gasteiger partial charge in [0.2, 0.25) is 5.91 Å². The number of carbonyl (C=O) groups excluding carboxylic acids is 2. The molecule has 3 amide bonds. The molecular formula is C15H20N4O5S. The van der Waals surface area contributed by atoms with Crippen LogP contribution in [-0.2, 0) is 15.3 Å². The van der Waals surface area contributed by atoms with Crippen LogP contribution in [0.4, 0.5) is 4.79 Å². The van der Waals surface area contributed by atoms with Crippen LogP contribution in [0.15, 0.2) is 28.6 Å². The summed E-state index contributed by atoms with van der Waals surface area (Å²) in [7, 11) is 0.433. The smallest absolute Gasteiger partial charge is 0.321 e. The summed E-state index contributed by atoms with van der Waals surface area (Å²) in [5.74, 6) is 0.202. The summed E-state index contributed by atoms with van der Waals surface area (Å²) in [6.07, 6.45) is 0.498. The Morgan fingerprint density at radius 3 is 2.56 bits per heavy atom. The average Bonchev–Trinajstić information content (AvgIpc) is 2.96. The number of hydrogen-bond donors (Lipinski definition) is 2. The molecule has 0 saturated carbocycles. The number of carbonyl (C=O) groups is 2. The minimum absolute atomic E-state index is 0.0401. The molecule has 9 nitrogen and oxygen atoms in total. The number of ether oxygens (including phenoxy) is 1. The molecule has 0 bridgehead atoms. The highest BCUT2D eigenvalue weighted by Gasteiger charge is 2.36. The van der Waals surface area contributed by atoms with E-state index in [0.717, 1.165) is 5.56 Å². The van der Waals surface area contributed by atoms with Gasteiger partial charge < -0.3 is 10.1 Å². The van der Waals surface area contributed by atoms with E-state index in [1.165, 1.54) is 7.05 Å². The van der Waals surface area contributed by atoms with Gasteiger partial charge in [0.15, 0.2) is 0 Å². The van der Waals surface area contributed by atoms with Crippen LogP contribution in [0.3, 0.4) is 0 Å². The average molecular weight is 368 g/mol. The van der Waals surface area contributed by atoms with Gasteiger partial charge in [-0.15, -0.1) is 0 Å². The Kier molecular flexibility index (Phi) is 6.48. The second-order valence-electron chi connectivity index (χ2n) is 5.49. The Bertz CT molecular complexity index is 755. The van der Waals surface area contributed by atoms with Gasteiger partial charge in [0.25, 0.3) is 0 Å². The fourth-order valence-corrected chi connectivity index (χ4v) is 3.33. The highest BCUT2D eigenvalue weighted by Crippen LogP contribution is 2.34. The number of benzene rings is 1. The van der Waals surface area contributed by atoms with Gasteiger partial charge in [0.1, 0.15) is 5.75 Å². The van der Waals surface area contributed by atoms with Crippen molar-refractivity contribution < 1.29 is 22.7 Å². The Morgan fingerprint density at radius 2 is 2.00 bits per heavy atom. The highest BCUT2D eigenvalue weighted by atomic mass is 32.2. The van der Waals surface area contributed by atoms with E-state index in [2.05, 4.69) is 15.0 Å². The molecule has 25 heavy (non-hydrogen) atoms. The first-order valence-electron chi connectivity index (χ1n) is 7.64. The summed E-state index contributed by atoms with van der Waals surface area (Å²) < 4.78 is 30.9. The Morgan fingerprint density at radius 1 is 1.32 bits per heavy atom. The number of rotatable bonds is 5. The molecular weight excluding hydrogens is 348 g/mol. The molecule has 2 unspecified atom stereocenters. The van der Waals surface area contributed by atoms with Crippen LogP contribution < -0.4 is 15.4 Å². The topological polar surface area (TPSA) is 117 Å². The van der Waals surface area contributed by atoms with E-state index >= 15 is 0 Å². The molecule has 1 fully saturated rings. The lowest BCUT2D eigenvalue weighted by Gasteiger charge is -2.26. The lowest BCUT2D eigenvalue weighted by Crippen LogP contribution is -2.43. The Hall–Kier alpha value is -2.46. The molecule has 1 heterocycles. The normalized spacial score (nSPS) is 19.9. The quantitative estimate of drug-likeness (QED) is 0.773. The van der Waals surface area contributed by atoms with Crippen molar-refractivity contribution in [1.82, 2.24) is 15.5 Å². The van der Waals surface area contributed by atoms with Gasteiger partial charge in [-0.05, 0) is 24.1 Å². The summed E-state index contributed by atoms with van der Waals surface area (Å²) in [6, 6.07) is 5.71. The number of amides is 3. The van der Waals surface area contributed by atoms with Crippen molar-refractivity contribution in [2.45, 2.75) is 18.5 Å². The third kappa shape index (κ3) is 5.00. The highest BCUT2D eigenvalue weighted by molar-refractivity contribution is 7.61. The van der Waals surface area contributed by atoms with Crippen LogP contribution >= 0.6 is 0 Å². The summed E-state index contributed by atoms with van der Waals surface area (Å²) in [4.78, 5) is 25.0. The zero-order valence-corrected chi connectivity index (χ0v) is 14.7. The molecule has 136 valence electrons. The standard InChI is InChI=1S/C15H20N4O5S/c1-16-15(21)17-13(20)9-19-8-7-12(18-25(22)23)14(19)10-3-5-11(24-2)6-4-10/h3-6,12,14H,7-9H2,1-2H3,(H2,16,17,20,21). The van der Waals surface area contributed by atoms with Gasteiger partial charge in [0.05, 0.1) is 25.7 Å². The van der Waals surface area contributed by atoms with E-state index in [0.29, 0.717) is 18.7 Å². The second-order valence-corrected chi connectivity index (χ2v) is 6.14. The lowest BCUT2D eigenvalue weighted by atomic mass is 10.0. The fourth-order valence-electron chi connectivity index (χ4n) is 2.88. The third-order valence-corrected chi connectivity index (χ3v) is 4.42. The number of urea groups is 1. The summed E-state index contributed by atoms with van der Waals surface area (Å²) in [5.41, 5.74) is 0.824. The molecule has 2 N–H and O–H groups in total. The predicted molar refractivity (Wildman–Crippen MR) is 89.7 cm³/mol. The van der Waals surface area contributed by atoms with Crippen molar-refractivity contribution in [1.29, 1.82) is 0 Å². The summed E-state index contributed by atoms with van der Waals surface area (Å²) in [6.45, 7) is 0.449. The van der Waals surface area contributed by atoms with Crippen LogP contribution in [0.25, 0.3) is 0 Å². The van der Waals surface area contributed by atoms with Crippen molar-refractivity contribution in [3.8, 4) is 5.75 Å². The Labute approximate surface area is 147 Å². The maximum absolute atomic E-state index is 12.0. The maximum Gasteiger partial charge on any atom is 0.321 e. The van der Waals surface area contributed by atoms with Crippen LogP contribution in [0.2, 0.25) is 0 Å². The number of nitrogens with one attached hydrogen (secondary N) is 2. The molecule has 2 rings (SSSR count). The van der Waals surface area contributed by atoms with Crippen molar-refractivity contribution in [3.63, 3.8) is 0 Å². The van der Waals surface area contributed by atoms with Crippen molar-refractivity contribution in [3.05, 3.63) is 29.8 Å². The van der Waals surface area contributed by atoms with Crippen LogP contribution in [-0.4, -0.2) is 58.5 Å². The molecule has 1 aromatic rings. The molecule has 0 aliphatic carbocycles. The predicted octanol–water partition coefficient (Wildman–Crippen LogP) is 0.329. The number of nitrogens with zero attached hydrogens (tertiary/aromatic N) is 2. The van der Waals surface area contributed by atoms with Crippen molar-refractivity contribution in [2.24, 2.45) is 4.36 Å². The molecule has 0 aromatic heterocycles. The summed E-state index contributed by atoms with van der Waals surface area (Å²) in [5, 5.41) is 4.51. The number of hydrogen-bond acceptors (Lipinski definition) is 7. The number of methoxy groups -OCH3 is 1. The Balaban J connectivity index is 2.23. The minimum atomic E-state index is -2.54. The van der Waals surface area contributed by atoms with Gasteiger partial charge in [-0.1, -0.05) is 12.1 Å². The summed E-state index contributed by atoms with van der Waals surface area (Å²) >= 11 is 0. The largest absolute Gasteiger partial charge is 0.497 e. The first-order chi connectivity index (χ1) is 11.9. The van der Waals surface area contributed by atoms with Gasteiger partial charge in [-0.25, -0.2) is 4.79 Å². The maximum atomic E-state index is 12.0. The molecule has 1 saturated heterocycles. The van der Waals surface area contributed by atoms with E-state index in [4.69, 9.17) is 4.74 Å². The van der Waals surface area contributed by atoms with E-state index in [1.807, 2.05) is 12.1 Å². The first-order valence-corrected chi connectivity index (χ1v) is 8.67. The van der Waals surface area contributed by atoms with E-state index in [9.17, 15) is 18.0 Å². The minimum Gasteiger partial charge on any atom is -0.497 e. The second kappa shape index (κ2) is 8.58. The first kappa shape index (κ1) is 18.9. The van der Waals surface area contributed by atoms with Crippen molar-refractivity contribution >= 4 is 22.4 Å². The van der Waals surface area contributed by atoms with E-state index < -0.39 is 28.5 Å². The van der Waals surface area contributed by atoms with Crippen molar-refractivity contribution in [2.75, 3.05) is 27.2 Å². The molecule has 1 aromatic carbocycles. The fraction of sp³-hybridized carbons (Fsp3) is 0.467. The SMILES string of the molecule is CNC(=O)NC(=O)CN1CCC(N=S(=O)=O)C1c1ccc(OC)cc1. The van der Waals surface area contributed by atoms with E-state index in [1.54, 1.807) is 24.1 Å². The monoisotopic (exact) mass is 368 g/mol. The molecule has 10 heteroatoms. The van der Waals surface area contributed by atoms with E-state index in [-0.39, 0.29) is 12.6 Å². The van der Waals surface area contributed by atoms with Gasteiger partial charge >= 0.3 is 16.5 Å². The zero-order chi connectivity index (χ0) is 18.4. The van der Waals surface area contributed by atoms with Crippen LogP contribution in [0.5, 0.6) is 5.75 Å². The van der Waals surface area contributed by atoms with Crippen LogP contribution in [0.1, 0.15) is 18.0 Å². The molecule has 0 radical (unpaired) electrons. The molecule has 1 aliphatic heterocycles.